The first-order valence-corrected chi connectivity index (χ1v) is 9.09. The summed E-state index contributed by atoms with van der Waals surface area (Å²) in [7, 11) is 0. The van der Waals surface area contributed by atoms with Gasteiger partial charge in [0.25, 0.3) is 0 Å². The summed E-state index contributed by atoms with van der Waals surface area (Å²) in [5.41, 5.74) is 3.55. The molecular formula is C22H25NO3. The van der Waals surface area contributed by atoms with E-state index in [0.29, 0.717) is 13.0 Å². The Labute approximate surface area is 154 Å². The number of nitrogens with zero attached hydrogens (tertiary/aromatic N) is 1. The van der Waals surface area contributed by atoms with Crippen molar-refractivity contribution in [1.82, 2.24) is 4.90 Å². The number of hydrogen-bond donors (Lipinski definition) is 2. The highest BCUT2D eigenvalue weighted by molar-refractivity contribution is 5.79. The van der Waals surface area contributed by atoms with Crippen molar-refractivity contribution in [2.75, 3.05) is 19.6 Å². The Hall–Kier alpha value is -2.43. The number of benzene rings is 2. The lowest BCUT2D eigenvalue weighted by molar-refractivity contribution is -0.148. The quantitative estimate of drug-likeness (QED) is 0.838. The lowest BCUT2D eigenvalue weighted by Crippen LogP contribution is -2.46. The van der Waals surface area contributed by atoms with Crippen LogP contribution in [-0.4, -0.2) is 46.8 Å². The maximum absolute atomic E-state index is 11.3. The maximum atomic E-state index is 11.3. The van der Waals surface area contributed by atoms with E-state index in [1.54, 1.807) is 0 Å². The van der Waals surface area contributed by atoms with E-state index in [9.17, 15) is 15.0 Å². The van der Waals surface area contributed by atoms with Gasteiger partial charge in [-0.3, -0.25) is 4.79 Å². The highest BCUT2D eigenvalue weighted by Gasteiger charge is 2.32. The molecule has 2 unspecified atom stereocenters. The van der Waals surface area contributed by atoms with E-state index in [1.807, 2.05) is 36.4 Å². The number of piperidine rings is 1. The minimum atomic E-state index is -0.910. The molecule has 1 aliphatic heterocycles. The fourth-order valence-corrected chi connectivity index (χ4v) is 3.48. The SMILES string of the molecule is O=C(O)C1CN(CCC=C(c2ccccc2)c2ccccc2)CCC1O. The Balaban J connectivity index is 1.71. The number of carboxylic acids is 1. The van der Waals surface area contributed by atoms with Crippen molar-refractivity contribution in [3.8, 4) is 0 Å². The van der Waals surface area contributed by atoms with Crippen LogP contribution in [0.2, 0.25) is 0 Å². The van der Waals surface area contributed by atoms with Gasteiger partial charge in [-0.2, -0.15) is 0 Å². The van der Waals surface area contributed by atoms with E-state index >= 15 is 0 Å². The summed E-state index contributed by atoms with van der Waals surface area (Å²) in [5.74, 6) is -1.59. The van der Waals surface area contributed by atoms with Crippen LogP contribution in [0.25, 0.3) is 5.57 Å². The Morgan fingerprint density at radius 3 is 2.15 bits per heavy atom. The molecule has 0 saturated carbocycles. The van der Waals surface area contributed by atoms with E-state index in [4.69, 9.17) is 0 Å². The van der Waals surface area contributed by atoms with Crippen LogP contribution in [0.5, 0.6) is 0 Å². The van der Waals surface area contributed by atoms with E-state index in [-0.39, 0.29) is 0 Å². The molecule has 2 aromatic rings. The van der Waals surface area contributed by atoms with Crippen molar-refractivity contribution in [1.29, 1.82) is 0 Å². The number of likely N-dealkylation sites (tertiary alicyclic amines) is 1. The summed E-state index contributed by atoms with van der Waals surface area (Å²) in [6.07, 6.45) is 2.85. The smallest absolute Gasteiger partial charge is 0.310 e. The highest BCUT2D eigenvalue weighted by Crippen LogP contribution is 2.24. The molecule has 26 heavy (non-hydrogen) atoms. The summed E-state index contributed by atoms with van der Waals surface area (Å²) in [6, 6.07) is 20.6. The van der Waals surface area contributed by atoms with Gasteiger partial charge in [-0.1, -0.05) is 66.7 Å². The first-order chi connectivity index (χ1) is 12.6. The Morgan fingerprint density at radius 2 is 1.62 bits per heavy atom. The van der Waals surface area contributed by atoms with E-state index in [1.165, 1.54) is 16.7 Å². The predicted octanol–water partition coefficient (Wildman–Crippen LogP) is 3.28. The van der Waals surface area contributed by atoms with Gasteiger partial charge in [0.2, 0.25) is 0 Å². The molecule has 0 radical (unpaired) electrons. The Bertz CT molecular complexity index is 701. The van der Waals surface area contributed by atoms with Crippen LogP contribution in [0.3, 0.4) is 0 Å². The lowest BCUT2D eigenvalue weighted by atomic mass is 9.94. The van der Waals surface area contributed by atoms with Gasteiger partial charge in [0, 0.05) is 19.6 Å². The predicted molar refractivity (Wildman–Crippen MR) is 103 cm³/mol. The standard InChI is InChI=1S/C22H25NO3/c24-21-13-15-23(16-20(21)22(25)26)14-7-12-19(17-8-3-1-4-9-17)18-10-5-2-6-11-18/h1-6,8-12,20-21,24H,7,13-16H2,(H,25,26). The molecule has 0 amide bonds. The number of carboxylic acid groups (broad SMARTS) is 1. The van der Waals surface area contributed by atoms with Gasteiger partial charge in [-0.25, -0.2) is 0 Å². The van der Waals surface area contributed by atoms with E-state index in [2.05, 4.69) is 35.2 Å². The number of aliphatic carboxylic acids is 1. The van der Waals surface area contributed by atoms with Crippen LogP contribution in [0.1, 0.15) is 24.0 Å². The molecule has 4 nitrogen and oxygen atoms in total. The minimum absolute atomic E-state index is 0.413. The Kier molecular flexibility index (Phi) is 6.21. The number of carbonyl (C=O) groups is 1. The van der Waals surface area contributed by atoms with Crippen molar-refractivity contribution in [2.45, 2.75) is 18.9 Å². The van der Waals surface area contributed by atoms with Crippen LogP contribution in [0, 0.1) is 5.92 Å². The molecule has 136 valence electrons. The van der Waals surface area contributed by atoms with E-state index in [0.717, 1.165) is 19.5 Å². The molecule has 1 heterocycles. The van der Waals surface area contributed by atoms with Crippen molar-refractivity contribution in [3.63, 3.8) is 0 Å². The number of hydrogen-bond acceptors (Lipinski definition) is 3. The second-order valence-electron chi connectivity index (χ2n) is 6.74. The van der Waals surface area contributed by atoms with Gasteiger partial charge in [-0.15, -0.1) is 0 Å². The second kappa shape index (κ2) is 8.79. The first kappa shape index (κ1) is 18.4. The molecule has 1 saturated heterocycles. The van der Waals surface area contributed by atoms with Crippen LogP contribution in [0.15, 0.2) is 66.7 Å². The zero-order valence-corrected chi connectivity index (χ0v) is 14.8. The average molecular weight is 351 g/mol. The fourth-order valence-electron chi connectivity index (χ4n) is 3.48. The first-order valence-electron chi connectivity index (χ1n) is 9.09. The minimum Gasteiger partial charge on any atom is -0.481 e. The number of rotatable bonds is 6. The van der Waals surface area contributed by atoms with Gasteiger partial charge in [-0.05, 0) is 29.5 Å². The zero-order valence-electron chi connectivity index (χ0n) is 14.8. The molecule has 4 heteroatoms. The number of aliphatic hydroxyl groups excluding tert-OH is 1. The van der Waals surface area contributed by atoms with Gasteiger partial charge >= 0.3 is 5.97 Å². The molecule has 3 rings (SSSR count). The summed E-state index contributed by atoms with van der Waals surface area (Å²) in [4.78, 5) is 13.4. The molecule has 1 aliphatic rings. The van der Waals surface area contributed by atoms with Crippen LogP contribution < -0.4 is 0 Å². The zero-order chi connectivity index (χ0) is 18.4. The fraction of sp³-hybridized carbons (Fsp3) is 0.318. The normalized spacial score (nSPS) is 20.5. The molecule has 2 aromatic carbocycles. The molecule has 2 N–H and O–H groups in total. The van der Waals surface area contributed by atoms with Crippen molar-refractivity contribution in [3.05, 3.63) is 77.9 Å². The lowest BCUT2D eigenvalue weighted by Gasteiger charge is -2.33. The van der Waals surface area contributed by atoms with Crippen LogP contribution in [-0.2, 0) is 4.79 Å². The summed E-state index contributed by atoms with van der Waals surface area (Å²) < 4.78 is 0. The average Bonchev–Trinajstić information content (AvgIpc) is 2.67. The largest absolute Gasteiger partial charge is 0.481 e. The third kappa shape index (κ3) is 4.59. The van der Waals surface area contributed by atoms with Gasteiger partial charge < -0.3 is 15.1 Å². The van der Waals surface area contributed by atoms with Crippen molar-refractivity contribution < 1.29 is 15.0 Å². The van der Waals surface area contributed by atoms with Crippen molar-refractivity contribution >= 4 is 11.5 Å². The molecular weight excluding hydrogens is 326 g/mol. The maximum Gasteiger partial charge on any atom is 0.310 e. The van der Waals surface area contributed by atoms with Crippen molar-refractivity contribution in [2.24, 2.45) is 5.92 Å². The molecule has 0 aliphatic carbocycles. The summed E-state index contributed by atoms with van der Waals surface area (Å²) in [6.45, 7) is 1.95. The van der Waals surface area contributed by atoms with Gasteiger partial charge in [0.15, 0.2) is 0 Å². The Morgan fingerprint density at radius 1 is 1.04 bits per heavy atom. The molecule has 0 bridgehead atoms. The van der Waals surface area contributed by atoms with Gasteiger partial charge in [0.05, 0.1) is 12.0 Å². The molecule has 0 aromatic heterocycles. The molecule has 2 atom stereocenters. The number of aliphatic hydroxyl groups is 1. The molecule has 0 spiro atoms. The van der Waals surface area contributed by atoms with Crippen LogP contribution >= 0.6 is 0 Å². The van der Waals surface area contributed by atoms with Gasteiger partial charge in [0.1, 0.15) is 0 Å². The molecule has 1 fully saturated rings. The highest BCUT2D eigenvalue weighted by atomic mass is 16.4. The monoisotopic (exact) mass is 351 g/mol. The van der Waals surface area contributed by atoms with E-state index < -0.39 is 18.0 Å². The summed E-state index contributed by atoms with van der Waals surface area (Å²) in [5, 5.41) is 19.1. The topological polar surface area (TPSA) is 60.8 Å². The summed E-state index contributed by atoms with van der Waals surface area (Å²) >= 11 is 0. The second-order valence-corrected chi connectivity index (χ2v) is 6.74. The van der Waals surface area contributed by atoms with Crippen LogP contribution in [0.4, 0.5) is 0 Å². The third-order valence-corrected chi connectivity index (χ3v) is 4.94. The third-order valence-electron chi connectivity index (χ3n) is 4.94.